The van der Waals surface area contributed by atoms with Gasteiger partial charge in [-0.05, 0) is 25.2 Å². The van der Waals surface area contributed by atoms with E-state index in [9.17, 15) is 4.79 Å². The molecule has 0 aliphatic heterocycles. The van der Waals surface area contributed by atoms with Gasteiger partial charge >= 0.3 is 6.09 Å². The number of aliphatic hydroxyl groups excluding tert-OH is 1. The average molecular weight is 159 g/mol. The molecule has 1 fully saturated rings. The number of aliphatic hydroxyl groups is 1. The van der Waals surface area contributed by atoms with Gasteiger partial charge in [0.05, 0.1) is 0 Å². The van der Waals surface area contributed by atoms with Gasteiger partial charge in [0.1, 0.15) is 0 Å². The summed E-state index contributed by atoms with van der Waals surface area (Å²) < 4.78 is 0. The molecule has 0 radical (unpaired) electrons. The van der Waals surface area contributed by atoms with Crippen molar-refractivity contribution >= 4 is 6.09 Å². The molecular weight excluding hydrogens is 146 g/mol. The van der Waals surface area contributed by atoms with Gasteiger partial charge < -0.3 is 15.5 Å². The zero-order valence-electron chi connectivity index (χ0n) is 6.29. The standard InChI is InChI=1S/C7H13NO3/c9-4-5-1-2-6(3-5)8-7(10)11/h5-6,8-9H,1-4H2,(H,10,11)/t5-,6?/m0/s1. The SMILES string of the molecule is O=C(O)NC1CC[C@H](CO)C1. The molecule has 1 aliphatic carbocycles. The zero-order chi connectivity index (χ0) is 8.27. The second-order valence-corrected chi connectivity index (χ2v) is 3.01. The Morgan fingerprint density at radius 1 is 1.55 bits per heavy atom. The predicted octanol–water partition coefficient (Wildman–Crippen LogP) is 0.415. The lowest BCUT2D eigenvalue weighted by Gasteiger charge is -2.08. The molecule has 0 bridgehead atoms. The van der Waals surface area contributed by atoms with Crippen molar-refractivity contribution in [1.29, 1.82) is 0 Å². The Hall–Kier alpha value is -0.770. The van der Waals surface area contributed by atoms with Gasteiger partial charge in [-0.15, -0.1) is 0 Å². The van der Waals surface area contributed by atoms with Crippen LogP contribution < -0.4 is 5.32 Å². The van der Waals surface area contributed by atoms with Crippen molar-refractivity contribution < 1.29 is 15.0 Å². The summed E-state index contributed by atoms with van der Waals surface area (Å²) in [5, 5.41) is 19.5. The summed E-state index contributed by atoms with van der Waals surface area (Å²) in [6, 6.07) is 0.0599. The molecule has 1 aliphatic rings. The highest BCUT2D eigenvalue weighted by Gasteiger charge is 2.24. The highest BCUT2D eigenvalue weighted by atomic mass is 16.4. The molecule has 0 aromatic rings. The molecule has 3 N–H and O–H groups in total. The smallest absolute Gasteiger partial charge is 0.404 e. The van der Waals surface area contributed by atoms with E-state index in [1.165, 1.54) is 0 Å². The van der Waals surface area contributed by atoms with E-state index in [-0.39, 0.29) is 12.6 Å². The van der Waals surface area contributed by atoms with Crippen molar-refractivity contribution in [3.63, 3.8) is 0 Å². The number of rotatable bonds is 2. The third kappa shape index (κ3) is 2.38. The number of hydrogen-bond acceptors (Lipinski definition) is 2. The van der Waals surface area contributed by atoms with Crippen LogP contribution in [-0.4, -0.2) is 29.0 Å². The number of amides is 1. The topological polar surface area (TPSA) is 69.6 Å². The van der Waals surface area contributed by atoms with Gasteiger partial charge in [-0.3, -0.25) is 0 Å². The van der Waals surface area contributed by atoms with Gasteiger partial charge in [-0.1, -0.05) is 0 Å². The molecule has 0 heterocycles. The number of carboxylic acid groups (broad SMARTS) is 1. The van der Waals surface area contributed by atoms with Crippen LogP contribution in [0.3, 0.4) is 0 Å². The monoisotopic (exact) mass is 159 g/mol. The van der Waals surface area contributed by atoms with E-state index in [0.717, 1.165) is 19.3 Å². The summed E-state index contributed by atoms with van der Waals surface area (Å²) in [5.41, 5.74) is 0. The predicted molar refractivity (Wildman–Crippen MR) is 39.4 cm³/mol. The van der Waals surface area contributed by atoms with Crippen molar-refractivity contribution in [3.8, 4) is 0 Å². The van der Waals surface area contributed by atoms with Crippen molar-refractivity contribution in [2.45, 2.75) is 25.3 Å². The fourth-order valence-electron chi connectivity index (χ4n) is 1.55. The van der Waals surface area contributed by atoms with Crippen molar-refractivity contribution in [2.24, 2.45) is 5.92 Å². The van der Waals surface area contributed by atoms with E-state index in [2.05, 4.69) is 5.32 Å². The van der Waals surface area contributed by atoms with Gasteiger partial charge in [-0.25, -0.2) is 4.79 Å². The molecule has 0 aromatic carbocycles. The van der Waals surface area contributed by atoms with Crippen LogP contribution in [0.4, 0.5) is 4.79 Å². The van der Waals surface area contributed by atoms with E-state index in [4.69, 9.17) is 10.2 Å². The maximum absolute atomic E-state index is 10.2. The van der Waals surface area contributed by atoms with Crippen LogP contribution in [0.1, 0.15) is 19.3 Å². The van der Waals surface area contributed by atoms with Crippen LogP contribution in [0.15, 0.2) is 0 Å². The minimum Gasteiger partial charge on any atom is -0.465 e. The Morgan fingerprint density at radius 3 is 2.73 bits per heavy atom. The highest BCUT2D eigenvalue weighted by molar-refractivity contribution is 5.64. The molecule has 4 nitrogen and oxygen atoms in total. The molecule has 1 saturated carbocycles. The quantitative estimate of drug-likeness (QED) is 0.546. The third-order valence-corrected chi connectivity index (χ3v) is 2.13. The molecule has 0 spiro atoms. The number of nitrogens with one attached hydrogen (secondary N) is 1. The van der Waals surface area contributed by atoms with E-state index in [1.807, 2.05) is 0 Å². The summed E-state index contributed by atoms with van der Waals surface area (Å²) in [6.07, 6.45) is 1.61. The second kappa shape index (κ2) is 3.57. The van der Waals surface area contributed by atoms with Gasteiger partial charge in [-0.2, -0.15) is 0 Å². The summed E-state index contributed by atoms with van der Waals surface area (Å²) in [4.78, 5) is 10.2. The van der Waals surface area contributed by atoms with Gasteiger partial charge in [0, 0.05) is 12.6 Å². The minimum absolute atomic E-state index is 0.0599. The molecule has 1 amide bonds. The van der Waals surface area contributed by atoms with E-state index in [0.29, 0.717) is 5.92 Å². The van der Waals surface area contributed by atoms with Gasteiger partial charge in [0.15, 0.2) is 0 Å². The summed E-state index contributed by atoms with van der Waals surface area (Å²) in [5.74, 6) is 0.298. The first-order valence-electron chi connectivity index (χ1n) is 3.82. The van der Waals surface area contributed by atoms with Crippen molar-refractivity contribution in [3.05, 3.63) is 0 Å². The number of hydrogen-bond donors (Lipinski definition) is 3. The molecule has 11 heavy (non-hydrogen) atoms. The zero-order valence-corrected chi connectivity index (χ0v) is 6.29. The molecule has 1 rings (SSSR count). The fourth-order valence-corrected chi connectivity index (χ4v) is 1.55. The van der Waals surface area contributed by atoms with E-state index < -0.39 is 6.09 Å². The summed E-state index contributed by atoms with van der Waals surface area (Å²) in [7, 11) is 0. The van der Waals surface area contributed by atoms with E-state index >= 15 is 0 Å². The molecule has 64 valence electrons. The minimum atomic E-state index is -0.964. The van der Waals surface area contributed by atoms with Crippen LogP contribution in [0.5, 0.6) is 0 Å². The number of carbonyl (C=O) groups is 1. The molecule has 1 unspecified atom stereocenters. The maximum atomic E-state index is 10.2. The molecule has 0 aromatic heterocycles. The molecule has 4 heteroatoms. The molecule has 0 saturated heterocycles. The first-order valence-corrected chi connectivity index (χ1v) is 3.82. The molecule has 2 atom stereocenters. The van der Waals surface area contributed by atoms with Crippen LogP contribution in [-0.2, 0) is 0 Å². The maximum Gasteiger partial charge on any atom is 0.404 e. The average Bonchev–Trinajstić information content (AvgIpc) is 2.34. The van der Waals surface area contributed by atoms with Crippen LogP contribution >= 0.6 is 0 Å². The first kappa shape index (κ1) is 8.33. The lowest BCUT2D eigenvalue weighted by atomic mass is 10.1. The summed E-state index contributed by atoms with van der Waals surface area (Å²) >= 11 is 0. The summed E-state index contributed by atoms with van der Waals surface area (Å²) in [6.45, 7) is 0.178. The highest BCUT2D eigenvalue weighted by Crippen LogP contribution is 2.24. The lowest BCUT2D eigenvalue weighted by molar-refractivity contribution is 0.188. The fraction of sp³-hybridized carbons (Fsp3) is 0.857. The van der Waals surface area contributed by atoms with Crippen LogP contribution in [0.25, 0.3) is 0 Å². The Balaban J connectivity index is 2.24. The van der Waals surface area contributed by atoms with Gasteiger partial charge in [0.2, 0.25) is 0 Å². The normalized spacial score (nSPS) is 30.3. The van der Waals surface area contributed by atoms with Crippen LogP contribution in [0.2, 0.25) is 0 Å². The Morgan fingerprint density at radius 2 is 2.27 bits per heavy atom. The third-order valence-electron chi connectivity index (χ3n) is 2.13. The Labute approximate surface area is 65.2 Å². The molecular formula is C7H13NO3. The largest absolute Gasteiger partial charge is 0.465 e. The first-order chi connectivity index (χ1) is 5.22. The van der Waals surface area contributed by atoms with Crippen LogP contribution in [0, 0.1) is 5.92 Å². The van der Waals surface area contributed by atoms with Crippen molar-refractivity contribution in [1.82, 2.24) is 5.32 Å². The van der Waals surface area contributed by atoms with Crippen molar-refractivity contribution in [2.75, 3.05) is 6.61 Å². The second-order valence-electron chi connectivity index (χ2n) is 3.01. The van der Waals surface area contributed by atoms with Gasteiger partial charge in [0.25, 0.3) is 0 Å². The lowest BCUT2D eigenvalue weighted by Crippen LogP contribution is -2.31. The Bertz CT molecular complexity index is 149. The van der Waals surface area contributed by atoms with E-state index in [1.54, 1.807) is 0 Å². The Kier molecular flexibility index (Phi) is 2.70.